The van der Waals surface area contributed by atoms with E-state index >= 15 is 0 Å². The average molecular weight is 319 g/mol. The van der Waals surface area contributed by atoms with E-state index in [0.29, 0.717) is 0 Å². The number of hydrogen-bond donors (Lipinski definition) is 2. The second kappa shape index (κ2) is 6.22. The molecule has 2 aromatic heterocycles. The fraction of sp³-hybridized carbons (Fsp3) is 0.294. The second-order valence-corrected chi connectivity index (χ2v) is 6.69. The zero-order chi connectivity index (χ0) is 14.8. The van der Waals surface area contributed by atoms with Gasteiger partial charge in [0.25, 0.3) is 0 Å². The number of fused-ring (bicyclic) bond motifs is 1. The number of unbranched alkanes of at least 4 members (excludes halogenated alkanes) is 1. The minimum Gasteiger partial charge on any atom is -0.352 e. The molecule has 3 N–H and O–H groups in total. The molecule has 1 aromatic carbocycles. The van der Waals surface area contributed by atoms with E-state index in [0.717, 1.165) is 36.3 Å². The summed E-state index contributed by atoms with van der Waals surface area (Å²) >= 11 is 8.13. The monoisotopic (exact) mass is 318 g/mol. The van der Waals surface area contributed by atoms with E-state index in [2.05, 4.69) is 29.4 Å². The summed E-state index contributed by atoms with van der Waals surface area (Å²) in [6, 6.07) is 8.34. The molecule has 0 aliphatic rings. The van der Waals surface area contributed by atoms with Gasteiger partial charge in [-0.15, -0.1) is 11.3 Å². The molecule has 0 fully saturated rings. The number of H-pyrrole nitrogens is 1. The molecule has 0 atom stereocenters. The van der Waals surface area contributed by atoms with Crippen LogP contribution in [0.15, 0.2) is 29.6 Å². The van der Waals surface area contributed by atoms with Crippen molar-refractivity contribution in [2.24, 2.45) is 5.73 Å². The highest BCUT2D eigenvalue weighted by molar-refractivity contribution is 7.13. The van der Waals surface area contributed by atoms with Gasteiger partial charge in [-0.3, -0.25) is 0 Å². The van der Waals surface area contributed by atoms with Gasteiger partial charge in [0.1, 0.15) is 0 Å². The molecule has 0 amide bonds. The van der Waals surface area contributed by atoms with Crippen molar-refractivity contribution in [1.29, 1.82) is 0 Å². The highest BCUT2D eigenvalue weighted by Crippen LogP contribution is 2.37. The summed E-state index contributed by atoms with van der Waals surface area (Å²) in [6.45, 7) is 2.88. The molecule has 0 saturated carbocycles. The third kappa shape index (κ3) is 2.86. The predicted octanol–water partition coefficient (Wildman–Crippen LogP) is 5.14. The molecule has 4 heteroatoms. The van der Waals surface area contributed by atoms with E-state index in [-0.39, 0.29) is 0 Å². The Morgan fingerprint density at radius 3 is 2.86 bits per heavy atom. The number of aromatic amines is 1. The summed E-state index contributed by atoms with van der Waals surface area (Å²) in [7, 11) is 0. The predicted molar refractivity (Wildman–Crippen MR) is 93.4 cm³/mol. The van der Waals surface area contributed by atoms with E-state index in [9.17, 15) is 0 Å². The van der Waals surface area contributed by atoms with Crippen LogP contribution in [0.5, 0.6) is 0 Å². The lowest BCUT2D eigenvalue weighted by atomic mass is 10.0. The van der Waals surface area contributed by atoms with Crippen molar-refractivity contribution < 1.29 is 0 Å². The standard InChI is InChI=1S/C17H19ClN2S/c1-11-9-15(21-10-11)17-13(5-2-3-8-19)12-6-4-7-14(18)16(12)20-17/h4,6-7,9-10,20H,2-3,5,8,19H2,1H3. The Morgan fingerprint density at radius 1 is 1.29 bits per heavy atom. The van der Waals surface area contributed by atoms with E-state index < -0.39 is 0 Å². The molecule has 2 heterocycles. The van der Waals surface area contributed by atoms with Crippen molar-refractivity contribution in [3.8, 4) is 10.6 Å². The molecular weight excluding hydrogens is 300 g/mol. The third-order valence-electron chi connectivity index (χ3n) is 3.75. The maximum Gasteiger partial charge on any atom is 0.0651 e. The van der Waals surface area contributed by atoms with Crippen LogP contribution in [-0.2, 0) is 6.42 Å². The summed E-state index contributed by atoms with van der Waals surface area (Å²) in [5.74, 6) is 0. The Labute approximate surface area is 133 Å². The molecule has 0 aliphatic carbocycles. The number of nitrogens with one attached hydrogen (secondary N) is 1. The van der Waals surface area contributed by atoms with Crippen LogP contribution in [0, 0.1) is 6.92 Å². The SMILES string of the molecule is Cc1csc(-c2[nH]c3c(Cl)cccc3c2CCCCN)c1. The van der Waals surface area contributed by atoms with Gasteiger partial charge >= 0.3 is 0 Å². The molecule has 0 aliphatic heterocycles. The lowest BCUT2D eigenvalue weighted by Crippen LogP contribution is -1.99. The quantitative estimate of drug-likeness (QED) is 0.628. The first-order valence-corrected chi connectivity index (χ1v) is 8.51. The molecule has 0 unspecified atom stereocenters. The number of thiophene rings is 1. The van der Waals surface area contributed by atoms with Gasteiger partial charge in [-0.2, -0.15) is 0 Å². The summed E-state index contributed by atoms with van der Waals surface area (Å²) in [4.78, 5) is 4.82. The first kappa shape index (κ1) is 14.6. The van der Waals surface area contributed by atoms with Gasteiger partial charge in [0.05, 0.1) is 21.1 Å². The van der Waals surface area contributed by atoms with E-state index in [4.69, 9.17) is 17.3 Å². The Hall–Kier alpha value is -1.29. The highest BCUT2D eigenvalue weighted by atomic mass is 35.5. The Balaban J connectivity index is 2.12. The van der Waals surface area contributed by atoms with Crippen LogP contribution >= 0.6 is 22.9 Å². The lowest BCUT2D eigenvalue weighted by molar-refractivity contribution is 0.748. The highest BCUT2D eigenvalue weighted by Gasteiger charge is 2.15. The van der Waals surface area contributed by atoms with Crippen LogP contribution in [-0.4, -0.2) is 11.5 Å². The average Bonchev–Trinajstić information content (AvgIpc) is 3.04. The van der Waals surface area contributed by atoms with Crippen LogP contribution < -0.4 is 5.73 Å². The Bertz CT molecular complexity index is 757. The number of rotatable bonds is 5. The fourth-order valence-corrected chi connectivity index (χ4v) is 3.86. The Kier molecular flexibility index (Phi) is 4.34. The molecule has 110 valence electrons. The fourth-order valence-electron chi connectivity index (χ4n) is 2.72. The van der Waals surface area contributed by atoms with Crippen molar-refractivity contribution in [3.05, 3.63) is 45.8 Å². The maximum absolute atomic E-state index is 6.35. The van der Waals surface area contributed by atoms with Crippen molar-refractivity contribution in [3.63, 3.8) is 0 Å². The summed E-state index contributed by atoms with van der Waals surface area (Å²) in [5.41, 5.74) is 10.6. The molecule has 3 aromatic rings. The van der Waals surface area contributed by atoms with Crippen LogP contribution in [0.4, 0.5) is 0 Å². The smallest absolute Gasteiger partial charge is 0.0651 e. The minimum atomic E-state index is 0.747. The van der Waals surface area contributed by atoms with E-state index in [1.807, 2.05) is 12.1 Å². The molecule has 3 rings (SSSR count). The number of halogens is 1. The van der Waals surface area contributed by atoms with Gasteiger partial charge in [-0.05, 0) is 61.4 Å². The van der Waals surface area contributed by atoms with Crippen molar-refractivity contribution in [2.75, 3.05) is 6.54 Å². The van der Waals surface area contributed by atoms with E-state index in [1.54, 1.807) is 11.3 Å². The molecule has 21 heavy (non-hydrogen) atoms. The molecule has 0 saturated heterocycles. The van der Waals surface area contributed by atoms with Crippen LogP contribution in [0.1, 0.15) is 24.0 Å². The van der Waals surface area contributed by atoms with Crippen molar-refractivity contribution in [2.45, 2.75) is 26.2 Å². The van der Waals surface area contributed by atoms with E-state index in [1.165, 1.54) is 27.1 Å². The van der Waals surface area contributed by atoms with Crippen molar-refractivity contribution >= 4 is 33.8 Å². The topological polar surface area (TPSA) is 41.8 Å². The minimum absolute atomic E-state index is 0.747. The molecular formula is C17H19ClN2S. The van der Waals surface area contributed by atoms with Gasteiger partial charge in [-0.25, -0.2) is 0 Å². The number of para-hydroxylation sites is 1. The van der Waals surface area contributed by atoms with Gasteiger partial charge in [0.2, 0.25) is 0 Å². The molecule has 0 bridgehead atoms. The van der Waals surface area contributed by atoms with Gasteiger partial charge in [0, 0.05) is 5.39 Å². The third-order valence-corrected chi connectivity index (χ3v) is 5.13. The molecule has 0 spiro atoms. The number of nitrogens with two attached hydrogens (primary N) is 1. The number of hydrogen-bond acceptors (Lipinski definition) is 2. The summed E-state index contributed by atoms with van der Waals surface area (Å²) in [5, 5.41) is 4.21. The Morgan fingerprint density at radius 2 is 2.14 bits per heavy atom. The first-order valence-electron chi connectivity index (χ1n) is 7.25. The summed E-state index contributed by atoms with van der Waals surface area (Å²) in [6.07, 6.45) is 3.19. The van der Waals surface area contributed by atoms with Crippen LogP contribution in [0.2, 0.25) is 5.02 Å². The number of benzene rings is 1. The lowest BCUT2D eigenvalue weighted by Gasteiger charge is -2.03. The normalized spacial score (nSPS) is 11.4. The van der Waals surface area contributed by atoms with Gasteiger partial charge in [-0.1, -0.05) is 23.7 Å². The summed E-state index contributed by atoms with van der Waals surface area (Å²) < 4.78 is 0. The maximum atomic E-state index is 6.35. The zero-order valence-corrected chi connectivity index (χ0v) is 13.7. The zero-order valence-electron chi connectivity index (χ0n) is 12.1. The molecule has 2 nitrogen and oxygen atoms in total. The first-order chi connectivity index (χ1) is 10.2. The van der Waals surface area contributed by atoms with Crippen molar-refractivity contribution in [1.82, 2.24) is 4.98 Å². The van der Waals surface area contributed by atoms with Crippen LogP contribution in [0.3, 0.4) is 0 Å². The van der Waals surface area contributed by atoms with Gasteiger partial charge < -0.3 is 10.7 Å². The van der Waals surface area contributed by atoms with Crippen LogP contribution in [0.25, 0.3) is 21.5 Å². The largest absolute Gasteiger partial charge is 0.352 e. The molecule has 0 radical (unpaired) electrons. The number of aryl methyl sites for hydroxylation is 2. The number of aromatic nitrogens is 1. The second-order valence-electron chi connectivity index (χ2n) is 5.38. The van der Waals surface area contributed by atoms with Gasteiger partial charge in [0.15, 0.2) is 0 Å².